The minimum atomic E-state index is -0.691. The van der Waals surface area contributed by atoms with Crippen LogP contribution in [-0.4, -0.2) is 11.8 Å². The van der Waals surface area contributed by atoms with E-state index in [1.807, 2.05) is 6.07 Å². The lowest BCUT2D eigenvalue weighted by Crippen LogP contribution is -2.41. The number of fused-ring (bicyclic) bond motifs is 1. The second-order valence-electron chi connectivity index (χ2n) is 5.94. The Kier molecular flexibility index (Phi) is 5.01. The van der Waals surface area contributed by atoms with Crippen molar-refractivity contribution in [2.45, 2.75) is 26.2 Å². The summed E-state index contributed by atoms with van der Waals surface area (Å²) in [6, 6.07) is 6.00. The van der Waals surface area contributed by atoms with Crippen molar-refractivity contribution in [2.75, 3.05) is 0 Å². The highest BCUT2D eigenvalue weighted by molar-refractivity contribution is 9.10. The molecule has 1 aliphatic carbocycles. The summed E-state index contributed by atoms with van der Waals surface area (Å²) >= 11 is 4.58. The maximum absolute atomic E-state index is 13.7. The molecule has 24 heavy (non-hydrogen) atoms. The van der Waals surface area contributed by atoms with Crippen LogP contribution < -0.4 is 10.9 Å². The van der Waals surface area contributed by atoms with Gasteiger partial charge in [-0.1, -0.05) is 22.9 Å². The molecule has 1 heterocycles. The van der Waals surface area contributed by atoms with Crippen molar-refractivity contribution in [3.05, 3.63) is 55.4 Å². The van der Waals surface area contributed by atoms with Crippen LogP contribution in [0.3, 0.4) is 0 Å². The van der Waals surface area contributed by atoms with E-state index in [-0.39, 0.29) is 11.5 Å². The lowest BCUT2D eigenvalue weighted by atomic mass is 9.90. The third-order valence-corrected chi connectivity index (χ3v) is 5.75. The Hall–Kier alpha value is -1.73. The quantitative estimate of drug-likeness (QED) is 0.738. The molecule has 1 atom stereocenters. The predicted molar refractivity (Wildman–Crippen MR) is 94.5 cm³/mol. The van der Waals surface area contributed by atoms with Crippen molar-refractivity contribution < 1.29 is 14.0 Å². The molecule has 0 unspecified atom stereocenters. The molecule has 0 radical (unpaired) electrons. The Balaban J connectivity index is 1.64. The van der Waals surface area contributed by atoms with Crippen molar-refractivity contribution in [3.8, 4) is 0 Å². The number of amides is 2. The van der Waals surface area contributed by atoms with Crippen LogP contribution in [0.15, 0.2) is 28.7 Å². The van der Waals surface area contributed by atoms with Crippen LogP contribution in [0, 0.1) is 11.7 Å². The fourth-order valence-corrected chi connectivity index (χ4v) is 4.17. The van der Waals surface area contributed by atoms with E-state index >= 15 is 0 Å². The molecular weight excluding hydrogens is 395 g/mol. The molecule has 0 fully saturated rings. The Bertz CT molecular complexity index is 806. The zero-order valence-corrected chi connectivity index (χ0v) is 15.4. The smallest absolute Gasteiger partial charge is 0.267 e. The monoisotopic (exact) mass is 410 g/mol. The molecule has 0 saturated heterocycles. The second kappa shape index (κ2) is 7.03. The van der Waals surface area contributed by atoms with E-state index in [0.29, 0.717) is 15.3 Å². The molecule has 3 rings (SSSR count). The first-order valence-electron chi connectivity index (χ1n) is 7.61. The Morgan fingerprint density at radius 2 is 2.00 bits per heavy atom. The van der Waals surface area contributed by atoms with E-state index in [4.69, 9.17) is 0 Å². The third-order valence-electron chi connectivity index (χ3n) is 4.02. The average molecular weight is 411 g/mol. The molecule has 0 saturated carbocycles. The summed E-state index contributed by atoms with van der Waals surface area (Å²) in [5.41, 5.74) is 5.70. The van der Waals surface area contributed by atoms with Crippen LogP contribution in [0.4, 0.5) is 4.39 Å². The van der Waals surface area contributed by atoms with Crippen LogP contribution in [0.1, 0.15) is 43.8 Å². The summed E-state index contributed by atoms with van der Waals surface area (Å²) in [6.45, 7) is 2.20. The minimum Gasteiger partial charge on any atom is -0.267 e. The van der Waals surface area contributed by atoms with Crippen molar-refractivity contribution >= 4 is 39.1 Å². The van der Waals surface area contributed by atoms with Gasteiger partial charge in [0.15, 0.2) is 0 Å². The van der Waals surface area contributed by atoms with Gasteiger partial charge in [0.25, 0.3) is 11.8 Å². The molecule has 0 spiro atoms. The molecule has 2 aromatic rings. The van der Waals surface area contributed by atoms with Gasteiger partial charge in [0, 0.05) is 9.35 Å². The van der Waals surface area contributed by atoms with Gasteiger partial charge in [0.2, 0.25) is 0 Å². The van der Waals surface area contributed by atoms with Gasteiger partial charge in [-0.25, -0.2) is 4.39 Å². The largest absolute Gasteiger partial charge is 0.279 e. The van der Waals surface area contributed by atoms with Crippen LogP contribution in [-0.2, 0) is 12.8 Å². The Morgan fingerprint density at radius 3 is 2.75 bits per heavy atom. The first-order valence-corrected chi connectivity index (χ1v) is 9.22. The molecule has 1 aromatic heterocycles. The SMILES string of the molecule is C[C@H]1CCc2sc(C(=O)NNC(=O)c3ccc(Br)cc3F)cc2C1. The van der Waals surface area contributed by atoms with Gasteiger partial charge in [-0.3, -0.25) is 20.4 Å². The Morgan fingerprint density at radius 1 is 1.25 bits per heavy atom. The molecule has 0 aliphatic heterocycles. The molecule has 126 valence electrons. The molecule has 0 bridgehead atoms. The fraction of sp³-hybridized carbons (Fsp3) is 0.294. The number of aryl methyl sites for hydroxylation is 1. The highest BCUT2D eigenvalue weighted by atomic mass is 79.9. The first-order chi connectivity index (χ1) is 11.4. The van der Waals surface area contributed by atoms with E-state index < -0.39 is 11.7 Å². The number of hydrazine groups is 1. The van der Waals surface area contributed by atoms with Gasteiger partial charge in [0.05, 0.1) is 10.4 Å². The summed E-state index contributed by atoms with van der Waals surface area (Å²) in [5.74, 6) is -1.10. The standard InChI is InChI=1S/C17H16BrFN2O2S/c1-9-2-5-14-10(6-9)7-15(24-14)17(23)21-20-16(22)12-4-3-11(18)8-13(12)19/h3-4,7-9H,2,5-6H2,1H3,(H,20,22)(H,21,23)/t9-/m0/s1. The number of benzene rings is 1. The Labute approximate surface area is 151 Å². The number of halogens is 2. The van der Waals surface area contributed by atoms with Gasteiger partial charge >= 0.3 is 0 Å². The van der Waals surface area contributed by atoms with Gasteiger partial charge in [-0.2, -0.15) is 0 Å². The van der Waals surface area contributed by atoms with E-state index in [1.165, 1.54) is 33.9 Å². The van der Waals surface area contributed by atoms with E-state index in [1.54, 1.807) is 6.07 Å². The van der Waals surface area contributed by atoms with Crippen LogP contribution in [0.5, 0.6) is 0 Å². The summed E-state index contributed by atoms with van der Waals surface area (Å²) in [6.07, 6.45) is 3.11. The fourth-order valence-electron chi connectivity index (χ4n) is 2.73. The average Bonchev–Trinajstić information content (AvgIpc) is 2.95. The molecule has 7 heteroatoms. The normalized spacial score (nSPS) is 16.4. The maximum atomic E-state index is 13.7. The molecule has 1 aromatic carbocycles. The van der Waals surface area contributed by atoms with Crippen molar-refractivity contribution in [1.29, 1.82) is 0 Å². The van der Waals surface area contributed by atoms with Crippen LogP contribution in [0.2, 0.25) is 0 Å². The summed E-state index contributed by atoms with van der Waals surface area (Å²) in [5, 5.41) is 0. The van der Waals surface area contributed by atoms with E-state index in [0.717, 1.165) is 19.3 Å². The maximum Gasteiger partial charge on any atom is 0.279 e. The zero-order chi connectivity index (χ0) is 17.3. The summed E-state index contributed by atoms with van der Waals surface area (Å²) in [4.78, 5) is 26.0. The number of hydrogen-bond acceptors (Lipinski definition) is 3. The topological polar surface area (TPSA) is 58.2 Å². The number of nitrogens with one attached hydrogen (secondary N) is 2. The molecule has 2 amide bonds. The number of carbonyl (C=O) groups is 2. The van der Waals surface area contributed by atoms with Crippen molar-refractivity contribution in [1.82, 2.24) is 10.9 Å². The molecule has 4 nitrogen and oxygen atoms in total. The molecule has 2 N–H and O–H groups in total. The number of carbonyl (C=O) groups excluding carboxylic acids is 2. The lowest BCUT2D eigenvalue weighted by molar-refractivity contribution is 0.0846. The van der Waals surface area contributed by atoms with Crippen LogP contribution in [0.25, 0.3) is 0 Å². The van der Waals surface area contributed by atoms with Gasteiger partial charge in [0.1, 0.15) is 5.82 Å². The summed E-state index contributed by atoms with van der Waals surface area (Å²) in [7, 11) is 0. The van der Waals surface area contributed by atoms with Crippen LogP contribution >= 0.6 is 27.3 Å². The molecule has 1 aliphatic rings. The highest BCUT2D eigenvalue weighted by Crippen LogP contribution is 2.32. The van der Waals surface area contributed by atoms with Crippen molar-refractivity contribution in [3.63, 3.8) is 0 Å². The first kappa shape index (κ1) is 17.1. The number of rotatable bonds is 2. The number of thiophene rings is 1. The van der Waals surface area contributed by atoms with Gasteiger partial charge < -0.3 is 0 Å². The predicted octanol–water partition coefficient (Wildman–Crippen LogP) is 3.85. The number of hydrogen-bond donors (Lipinski definition) is 2. The van der Waals surface area contributed by atoms with Gasteiger partial charge in [-0.15, -0.1) is 11.3 Å². The van der Waals surface area contributed by atoms with E-state index in [2.05, 4.69) is 33.7 Å². The lowest BCUT2D eigenvalue weighted by Gasteiger charge is -2.16. The van der Waals surface area contributed by atoms with Crippen molar-refractivity contribution in [2.24, 2.45) is 5.92 Å². The summed E-state index contributed by atoms with van der Waals surface area (Å²) < 4.78 is 14.3. The highest BCUT2D eigenvalue weighted by Gasteiger charge is 2.21. The minimum absolute atomic E-state index is 0.127. The third kappa shape index (κ3) is 3.67. The van der Waals surface area contributed by atoms with Gasteiger partial charge in [-0.05, 0) is 55.0 Å². The second-order valence-corrected chi connectivity index (χ2v) is 7.99. The van der Waals surface area contributed by atoms with E-state index in [9.17, 15) is 14.0 Å². The zero-order valence-electron chi connectivity index (χ0n) is 13.0. The molecular formula is C17H16BrFN2O2S.